The molecular weight excluding hydrogens is 298 g/mol. The number of fused-ring (bicyclic) bond motifs is 1. The zero-order valence-corrected chi connectivity index (χ0v) is 13.9. The fourth-order valence-electron chi connectivity index (χ4n) is 2.86. The third-order valence-corrected chi connectivity index (χ3v) is 4.25. The van der Waals surface area contributed by atoms with Gasteiger partial charge in [-0.3, -0.25) is 4.79 Å². The van der Waals surface area contributed by atoms with Crippen LogP contribution in [0.1, 0.15) is 16.7 Å². The zero-order chi connectivity index (χ0) is 16.8. The molecule has 0 fully saturated rings. The minimum Gasteiger partial charge on any atom is -0.361 e. The molecule has 0 aliphatic carbocycles. The molecule has 124 valence electrons. The van der Waals surface area contributed by atoms with E-state index >= 15 is 0 Å². The molecule has 24 heavy (non-hydrogen) atoms. The average Bonchev–Trinajstić information content (AvgIpc) is 3.00. The van der Waals surface area contributed by atoms with Crippen molar-refractivity contribution in [1.29, 1.82) is 0 Å². The van der Waals surface area contributed by atoms with Gasteiger partial charge in [-0.2, -0.15) is 0 Å². The number of benzene rings is 2. The van der Waals surface area contributed by atoms with Crippen LogP contribution >= 0.6 is 0 Å². The van der Waals surface area contributed by atoms with Gasteiger partial charge in [0.25, 0.3) is 0 Å². The summed E-state index contributed by atoms with van der Waals surface area (Å²) >= 11 is 0. The number of carbonyl (C=O) groups is 1. The molecule has 2 aromatic carbocycles. The van der Waals surface area contributed by atoms with Crippen LogP contribution in [0.3, 0.4) is 0 Å². The van der Waals surface area contributed by atoms with Gasteiger partial charge in [0.15, 0.2) is 0 Å². The molecule has 0 saturated carbocycles. The second-order valence-electron chi connectivity index (χ2n) is 5.99. The van der Waals surface area contributed by atoms with Crippen molar-refractivity contribution in [3.63, 3.8) is 0 Å². The Morgan fingerprint density at radius 3 is 2.71 bits per heavy atom. The lowest BCUT2D eigenvalue weighted by Gasteiger charge is -2.08. The number of rotatable bonds is 7. The second kappa shape index (κ2) is 7.79. The van der Waals surface area contributed by atoms with Gasteiger partial charge < -0.3 is 15.6 Å². The second-order valence-corrected chi connectivity index (χ2v) is 5.99. The average molecular weight is 321 g/mol. The maximum atomic E-state index is 11.9. The standard InChI is InChI=1S/C20H23N3O/c1-15-6-2-3-7-16(15)12-21-14-20(24)22-11-10-17-13-23-19-9-5-4-8-18(17)19/h2-9,13,21,23H,10-12,14H2,1H3,(H,22,24). The van der Waals surface area contributed by atoms with Crippen molar-refractivity contribution in [3.8, 4) is 0 Å². The molecule has 0 atom stereocenters. The van der Waals surface area contributed by atoms with E-state index in [-0.39, 0.29) is 5.91 Å². The molecule has 0 bridgehead atoms. The monoisotopic (exact) mass is 321 g/mol. The summed E-state index contributed by atoms with van der Waals surface area (Å²) in [5, 5.41) is 7.39. The summed E-state index contributed by atoms with van der Waals surface area (Å²) in [6.07, 6.45) is 2.85. The highest BCUT2D eigenvalue weighted by molar-refractivity contribution is 5.83. The Bertz CT molecular complexity index is 822. The number of para-hydroxylation sites is 1. The Balaban J connectivity index is 1.41. The number of hydrogen-bond donors (Lipinski definition) is 3. The minimum absolute atomic E-state index is 0.0309. The highest BCUT2D eigenvalue weighted by atomic mass is 16.1. The summed E-state index contributed by atoms with van der Waals surface area (Å²) in [5.74, 6) is 0.0309. The van der Waals surface area contributed by atoms with Crippen molar-refractivity contribution in [2.75, 3.05) is 13.1 Å². The number of aromatic amines is 1. The molecule has 0 aliphatic rings. The topological polar surface area (TPSA) is 56.9 Å². The number of hydrogen-bond acceptors (Lipinski definition) is 2. The number of aryl methyl sites for hydroxylation is 1. The smallest absolute Gasteiger partial charge is 0.233 e. The van der Waals surface area contributed by atoms with Crippen LogP contribution in [0.4, 0.5) is 0 Å². The molecule has 0 saturated heterocycles. The first-order valence-corrected chi connectivity index (χ1v) is 8.31. The molecular formula is C20H23N3O. The molecule has 1 heterocycles. The van der Waals surface area contributed by atoms with Crippen molar-refractivity contribution < 1.29 is 4.79 Å². The molecule has 3 N–H and O–H groups in total. The molecule has 0 unspecified atom stereocenters. The Morgan fingerprint density at radius 1 is 1.04 bits per heavy atom. The number of carbonyl (C=O) groups excluding carboxylic acids is 1. The lowest BCUT2D eigenvalue weighted by Crippen LogP contribution is -2.34. The van der Waals surface area contributed by atoms with Crippen LogP contribution in [0.15, 0.2) is 54.7 Å². The molecule has 3 aromatic rings. The number of nitrogens with one attached hydrogen (secondary N) is 3. The van der Waals surface area contributed by atoms with Gasteiger partial charge in [0.1, 0.15) is 0 Å². The SMILES string of the molecule is Cc1ccccc1CNCC(=O)NCCc1c[nH]c2ccccc12. The van der Waals surface area contributed by atoms with E-state index in [4.69, 9.17) is 0 Å². The fraction of sp³-hybridized carbons (Fsp3) is 0.250. The summed E-state index contributed by atoms with van der Waals surface area (Å²) in [7, 11) is 0. The largest absolute Gasteiger partial charge is 0.361 e. The van der Waals surface area contributed by atoms with Crippen LogP contribution in [0, 0.1) is 6.92 Å². The van der Waals surface area contributed by atoms with Gasteiger partial charge in [0.05, 0.1) is 6.54 Å². The van der Waals surface area contributed by atoms with E-state index < -0.39 is 0 Å². The van der Waals surface area contributed by atoms with E-state index in [2.05, 4.69) is 46.8 Å². The highest BCUT2D eigenvalue weighted by Gasteiger charge is 2.05. The Kier molecular flexibility index (Phi) is 5.29. The molecule has 0 spiro atoms. The van der Waals surface area contributed by atoms with Gasteiger partial charge >= 0.3 is 0 Å². The maximum Gasteiger partial charge on any atom is 0.233 e. The Labute approximate surface area is 142 Å². The van der Waals surface area contributed by atoms with Gasteiger partial charge in [0.2, 0.25) is 5.91 Å². The summed E-state index contributed by atoms with van der Waals surface area (Å²) in [4.78, 5) is 15.2. The third-order valence-electron chi connectivity index (χ3n) is 4.25. The first kappa shape index (κ1) is 16.3. The lowest BCUT2D eigenvalue weighted by molar-refractivity contribution is -0.120. The number of amides is 1. The van der Waals surface area contributed by atoms with Crippen molar-refractivity contribution >= 4 is 16.8 Å². The zero-order valence-electron chi connectivity index (χ0n) is 13.9. The summed E-state index contributed by atoms with van der Waals surface area (Å²) < 4.78 is 0. The maximum absolute atomic E-state index is 11.9. The predicted octanol–water partition coefficient (Wildman–Crippen LogP) is 2.92. The van der Waals surface area contributed by atoms with Crippen LogP contribution in [0.5, 0.6) is 0 Å². The van der Waals surface area contributed by atoms with Crippen LogP contribution in [-0.2, 0) is 17.8 Å². The summed E-state index contributed by atoms with van der Waals surface area (Å²) in [6, 6.07) is 16.4. The highest BCUT2D eigenvalue weighted by Crippen LogP contribution is 2.17. The van der Waals surface area contributed by atoms with E-state index in [0.717, 1.165) is 11.9 Å². The van der Waals surface area contributed by atoms with Crippen LogP contribution < -0.4 is 10.6 Å². The van der Waals surface area contributed by atoms with Crippen molar-refractivity contribution in [2.45, 2.75) is 19.9 Å². The molecule has 4 nitrogen and oxygen atoms in total. The third kappa shape index (κ3) is 4.03. The lowest BCUT2D eigenvalue weighted by atomic mass is 10.1. The number of H-pyrrole nitrogens is 1. The van der Waals surface area contributed by atoms with Crippen molar-refractivity contribution in [1.82, 2.24) is 15.6 Å². The quantitative estimate of drug-likeness (QED) is 0.627. The van der Waals surface area contributed by atoms with Gasteiger partial charge in [-0.05, 0) is 36.1 Å². The summed E-state index contributed by atoms with van der Waals surface area (Å²) in [5.41, 5.74) is 4.84. The van der Waals surface area contributed by atoms with E-state index in [1.807, 2.05) is 30.5 Å². The van der Waals surface area contributed by atoms with E-state index in [1.54, 1.807) is 0 Å². The van der Waals surface area contributed by atoms with Crippen LogP contribution in [0.25, 0.3) is 10.9 Å². The molecule has 0 aliphatic heterocycles. The Morgan fingerprint density at radius 2 is 1.83 bits per heavy atom. The van der Waals surface area contributed by atoms with E-state index in [1.165, 1.54) is 22.1 Å². The van der Waals surface area contributed by atoms with E-state index in [0.29, 0.717) is 19.6 Å². The first-order chi connectivity index (χ1) is 11.7. The van der Waals surface area contributed by atoms with Gasteiger partial charge in [-0.15, -0.1) is 0 Å². The van der Waals surface area contributed by atoms with Crippen LogP contribution in [0.2, 0.25) is 0 Å². The van der Waals surface area contributed by atoms with E-state index in [9.17, 15) is 4.79 Å². The molecule has 1 amide bonds. The first-order valence-electron chi connectivity index (χ1n) is 8.31. The van der Waals surface area contributed by atoms with Crippen molar-refractivity contribution in [3.05, 3.63) is 71.4 Å². The molecule has 1 aromatic heterocycles. The molecule has 0 radical (unpaired) electrons. The minimum atomic E-state index is 0.0309. The Hall–Kier alpha value is -2.59. The van der Waals surface area contributed by atoms with Crippen LogP contribution in [-0.4, -0.2) is 24.0 Å². The number of aromatic nitrogens is 1. The molecule has 4 heteroatoms. The summed E-state index contributed by atoms with van der Waals surface area (Å²) in [6.45, 7) is 3.77. The predicted molar refractivity (Wildman–Crippen MR) is 97.9 cm³/mol. The van der Waals surface area contributed by atoms with Crippen molar-refractivity contribution in [2.24, 2.45) is 0 Å². The van der Waals surface area contributed by atoms with Gasteiger partial charge in [0, 0.05) is 30.2 Å². The molecule has 3 rings (SSSR count). The fourth-order valence-corrected chi connectivity index (χ4v) is 2.86. The normalized spacial score (nSPS) is 10.9. The van der Waals surface area contributed by atoms with Gasteiger partial charge in [-0.25, -0.2) is 0 Å². The van der Waals surface area contributed by atoms with Gasteiger partial charge in [-0.1, -0.05) is 42.5 Å².